The van der Waals surface area contributed by atoms with E-state index in [0.29, 0.717) is 22.2 Å². The predicted octanol–water partition coefficient (Wildman–Crippen LogP) is 2.42. The standard InChI is InChI=1S/C18H19N5O3S2/c1-12-8-9-14(10-15(12)28(25,26)19-2)20-16(24)11-27-18-21-17(22-23-18)13-6-4-3-5-7-13/h3-10,19H,11H2,1-2H3,(H,20,24)(H,21,22,23). The lowest BCUT2D eigenvalue weighted by Crippen LogP contribution is -2.20. The third kappa shape index (κ3) is 4.77. The molecule has 10 heteroatoms. The molecule has 0 radical (unpaired) electrons. The number of sulfonamides is 1. The van der Waals surface area contributed by atoms with Crippen LogP contribution in [0.2, 0.25) is 0 Å². The Morgan fingerprint density at radius 3 is 2.64 bits per heavy atom. The number of rotatable bonds is 7. The van der Waals surface area contributed by atoms with E-state index in [1.54, 1.807) is 19.1 Å². The predicted molar refractivity (Wildman–Crippen MR) is 109 cm³/mol. The van der Waals surface area contributed by atoms with Gasteiger partial charge in [0.05, 0.1) is 10.6 Å². The van der Waals surface area contributed by atoms with Gasteiger partial charge in [-0.15, -0.1) is 5.10 Å². The Kier molecular flexibility index (Phi) is 6.12. The summed E-state index contributed by atoms with van der Waals surface area (Å²) in [5, 5.41) is 10.1. The molecule has 3 rings (SSSR count). The number of H-pyrrole nitrogens is 1. The minimum absolute atomic E-state index is 0.0913. The van der Waals surface area contributed by atoms with Crippen molar-refractivity contribution >= 4 is 33.4 Å². The molecule has 0 spiro atoms. The first kappa shape index (κ1) is 20.1. The Labute approximate surface area is 167 Å². The van der Waals surface area contributed by atoms with Crippen molar-refractivity contribution in [3.05, 3.63) is 54.1 Å². The molecular formula is C18H19N5O3S2. The van der Waals surface area contributed by atoms with Crippen LogP contribution in [0.3, 0.4) is 0 Å². The number of hydrogen-bond acceptors (Lipinski definition) is 6. The van der Waals surface area contributed by atoms with E-state index in [2.05, 4.69) is 25.2 Å². The van der Waals surface area contributed by atoms with E-state index in [1.807, 2.05) is 30.3 Å². The van der Waals surface area contributed by atoms with Crippen LogP contribution in [0.5, 0.6) is 0 Å². The molecule has 0 aliphatic carbocycles. The van der Waals surface area contributed by atoms with Crippen molar-refractivity contribution in [2.24, 2.45) is 0 Å². The second-order valence-electron chi connectivity index (χ2n) is 5.86. The van der Waals surface area contributed by atoms with Crippen LogP contribution in [0, 0.1) is 6.92 Å². The van der Waals surface area contributed by atoms with Crippen molar-refractivity contribution < 1.29 is 13.2 Å². The highest BCUT2D eigenvalue weighted by Gasteiger charge is 2.16. The van der Waals surface area contributed by atoms with E-state index in [1.165, 1.54) is 24.9 Å². The average Bonchev–Trinajstić information content (AvgIpc) is 3.17. The van der Waals surface area contributed by atoms with E-state index in [9.17, 15) is 13.2 Å². The van der Waals surface area contributed by atoms with Crippen LogP contribution >= 0.6 is 11.8 Å². The number of thioether (sulfide) groups is 1. The second-order valence-corrected chi connectivity index (χ2v) is 8.65. The molecular weight excluding hydrogens is 398 g/mol. The van der Waals surface area contributed by atoms with E-state index in [0.717, 1.165) is 5.56 Å². The monoisotopic (exact) mass is 417 g/mol. The highest BCUT2D eigenvalue weighted by Crippen LogP contribution is 2.21. The van der Waals surface area contributed by atoms with Gasteiger partial charge in [0.2, 0.25) is 21.1 Å². The molecule has 0 unspecified atom stereocenters. The largest absolute Gasteiger partial charge is 0.325 e. The van der Waals surface area contributed by atoms with Crippen molar-refractivity contribution in [1.29, 1.82) is 0 Å². The van der Waals surface area contributed by atoms with Crippen molar-refractivity contribution in [1.82, 2.24) is 19.9 Å². The van der Waals surface area contributed by atoms with Gasteiger partial charge in [-0.3, -0.25) is 9.89 Å². The van der Waals surface area contributed by atoms with Crippen LogP contribution in [-0.2, 0) is 14.8 Å². The average molecular weight is 418 g/mol. The number of nitrogens with one attached hydrogen (secondary N) is 3. The normalized spacial score (nSPS) is 11.4. The van der Waals surface area contributed by atoms with Gasteiger partial charge in [0.25, 0.3) is 0 Å². The van der Waals surface area contributed by atoms with Gasteiger partial charge >= 0.3 is 0 Å². The molecule has 2 aromatic carbocycles. The molecule has 0 bridgehead atoms. The van der Waals surface area contributed by atoms with Crippen LogP contribution in [-0.4, -0.2) is 42.3 Å². The zero-order valence-corrected chi connectivity index (χ0v) is 16.9. The summed E-state index contributed by atoms with van der Waals surface area (Å²) in [7, 11) is -2.25. The number of benzene rings is 2. The molecule has 28 heavy (non-hydrogen) atoms. The van der Waals surface area contributed by atoms with Gasteiger partial charge in [-0.25, -0.2) is 18.1 Å². The first-order chi connectivity index (χ1) is 13.4. The highest BCUT2D eigenvalue weighted by molar-refractivity contribution is 7.99. The summed E-state index contributed by atoms with van der Waals surface area (Å²) in [6.45, 7) is 1.69. The van der Waals surface area contributed by atoms with Crippen LogP contribution in [0.1, 0.15) is 5.56 Å². The van der Waals surface area contributed by atoms with Crippen LogP contribution < -0.4 is 10.0 Å². The summed E-state index contributed by atoms with van der Waals surface area (Å²) in [5.41, 5.74) is 1.91. The topological polar surface area (TPSA) is 117 Å². The van der Waals surface area contributed by atoms with E-state index < -0.39 is 10.0 Å². The summed E-state index contributed by atoms with van der Waals surface area (Å²) in [4.78, 5) is 16.7. The first-order valence-corrected chi connectivity index (χ1v) is 10.8. The van der Waals surface area contributed by atoms with E-state index >= 15 is 0 Å². The zero-order valence-electron chi connectivity index (χ0n) is 15.3. The highest BCUT2D eigenvalue weighted by atomic mass is 32.2. The van der Waals surface area contributed by atoms with Gasteiger partial charge < -0.3 is 5.32 Å². The van der Waals surface area contributed by atoms with Crippen LogP contribution in [0.4, 0.5) is 5.69 Å². The summed E-state index contributed by atoms with van der Waals surface area (Å²) in [6.07, 6.45) is 0. The number of carbonyl (C=O) groups is 1. The Morgan fingerprint density at radius 2 is 1.93 bits per heavy atom. The molecule has 0 aliphatic rings. The number of amides is 1. The van der Waals surface area contributed by atoms with Gasteiger partial charge in [-0.05, 0) is 31.7 Å². The van der Waals surface area contributed by atoms with Crippen LogP contribution in [0.25, 0.3) is 11.4 Å². The fourth-order valence-electron chi connectivity index (χ4n) is 2.44. The minimum atomic E-state index is -3.60. The van der Waals surface area contributed by atoms with Crippen molar-refractivity contribution in [3.8, 4) is 11.4 Å². The molecule has 0 aliphatic heterocycles. The third-order valence-corrected chi connectivity index (χ3v) is 6.28. The summed E-state index contributed by atoms with van der Waals surface area (Å²) in [6, 6.07) is 14.3. The Hall–Kier alpha value is -2.69. The SMILES string of the molecule is CNS(=O)(=O)c1cc(NC(=O)CSc2n[nH]c(-c3ccccc3)n2)ccc1C. The minimum Gasteiger partial charge on any atom is -0.325 e. The molecule has 1 heterocycles. The van der Waals surface area contributed by atoms with Gasteiger partial charge in [0, 0.05) is 11.3 Å². The number of carbonyl (C=O) groups excluding carboxylic acids is 1. The van der Waals surface area contributed by atoms with Crippen LogP contribution in [0.15, 0.2) is 58.6 Å². The van der Waals surface area contributed by atoms with Gasteiger partial charge in [0.1, 0.15) is 0 Å². The van der Waals surface area contributed by atoms with Gasteiger partial charge in [0.15, 0.2) is 5.82 Å². The maximum atomic E-state index is 12.2. The molecule has 3 aromatic rings. The van der Waals surface area contributed by atoms with Gasteiger partial charge in [-0.2, -0.15) is 0 Å². The fraction of sp³-hybridized carbons (Fsp3) is 0.167. The smallest absolute Gasteiger partial charge is 0.240 e. The second kappa shape index (κ2) is 8.55. The Balaban J connectivity index is 1.62. The lowest BCUT2D eigenvalue weighted by Gasteiger charge is -2.10. The Morgan fingerprint density at radius 1 is 1.18 bits per heavy atom. The van der Waals surface area contributed by atoms with Crippen molar-refractivity contribution in [2.45, 2.75) is 17.0 Å². The lowest BCUT2D eigenvalue weighted by molar-refractivity contribution is -0.113. The summed E-state index contributed by atoms with van der Waals surface area (Å²) < 4.78 is 26.4. The molecule has 0 saturated carbocycles. The van der Waals surface area contributed by atoms with E-state index in [4.69, 9.17) is 0 Å². The van der Waals surface area contributed by atoms with E-state index in [-0.39, 0.29) is 16.6 Å². The molecule has 8 nitrogen and oxygen atoms in total. The number of anilines is 1. The quantitative estimate of drug-likeness (QED) is 0.508. The maximum absolute atomic E-state index is 12.2. The molecule has 146 valence electrons. The molecule has 3 N–H and O–H groups in total. The number of aryl methyl sites for hydroxylation is 1. The number of nitrogens with zero attached hydrogens (tertiary/aromatic N) is 2. The zero-order chi connectivity index (χ0) is 20.1. The molecule has 0 atom stereocenters. The number of hydrogen-bond donors (Lipinski definition) is 3. The lowest BCUT2D eigenvalue weighted by atomic mass is 10.2. The number of aromatic amines is 1. The Bertz CT molecular complexity index is 1080. The first-order valence-electron chi connectivity index (χ1n) is 8.34. The maximum Gasteiger partial charge on any atom is 0.240 e. The van der Waals surface area contributed by atoms with Crippen molar-refractivity contribution in [3.63, 3.8) is 0 Å². The van der Waals surface area contributed by atoms with Crippen molar-refractivity contribution in [2.75, 3.05) is 18.1 Å². The number of aromatic nitrogens is 3. The molecule has 0 saturated heterocycles. The fourth-order valence-corrected chi connectivity index (χ4v) is 4.03. The molecule has 1 amide bonds. The van der Waals surface area contributed by atoms with Gasteiger partial charge in [-0.1, -0.05) is 48.2 Å². The third-order valence-electron chi connectivity index (χ3n) is 3.87. The molecule has 1 aromatic heterocycles. The summed E-state index contributed by atoms with van der Waals surface area (Å²) in [5.74, 6) is 0.435. The summed E-state index contributed by atoms with van der Waals surface area (Å²) >= 11 is 1.18. The molecule has 0 fully saturated rings.